The highest BCUT2D eigenvalue weighted by Crippen LogP contribution is 2.43. The number of hydrogen-bond acceptors (Lipinski definition) is 3. The Morgan fingerprint density at radius 2 is 1.80 bits per heavy atom. The molecule has 3 heterocycles. The quantitative estimate of drug-likeness (QED) is 0.312. The molecule has 7 heteroatoms. The molecule has 0 amide bonds. The van der Waals surface area contributed by atoms with Crippen molar-refractivity contribution < 1.29 is 4.74 Å². The van der Waals surface area contributed by atoms with E-state index in [0.29, 0.717) is 11.6 Å². The lowest BCUT2D eigenvalue weighted by atomic mass is 9.96. The number of methoxy groups -OCH3 is 1. The molecule has 1 aliphatic rings. The van der Waals surface area contributed by atoms with Gasteiger partial charge in [0.2, 0.25) is 0 Å². The molecule has 0 spiro atoms. The molecule has 1 saturated heterocycles. The van der Waals surface area contributed by atoms with Gasteiger partial charge in [0.1, 0.15) is 5.75 Å². The summed E-state index contributed by atoms with van der Waals surface area (Å²) in [6, 6.07) is 24.2. The van der Waals surface area contributed by atoms with Crippen LogP contribution in [0.5, 0.6) is 5.75 Å². The Morgan fingerprint density at radius 3 is 2.51 bits per heavy atom. The molecule has 1 aliphatic heterocycles. The van der Waals surface area contributed by atoms with Crippen LogP contribution in [0.2, 0.25) is 5.02 Å². The summed E-state index contributed by atoms with van der Waals surface area (Å²) in [5.41, 5.74) is 6.46. The Bertz CT molecular complexity index is 1360. The van der Waals surface area contributed by atoms with Gasteiger partial charge in [0.25, 0.3) is 0 Å². The molecule has 0 radical (unpaired) electrons. The van der Waals surface area contributed by atoms with Crippen LogP contribution in [0.1, 0.15) is 40.3 Å². The number of aromatic nitrogens is 2. The molecular formula is C28H27ClN4OS. The van der Waals surface area contributed by atoms with Crippen molar-refractivity contribution in [2.45, 2.75) is 32.5 Å². The molecule has 0 bridgehead atoms. The van der Waals surface area contributed by atoms with Crippen LogP contribution in [0, 0.1) is 13.8 Å². The minimum absolute atomic E-state index is 0.0391. The predicted molar refractivity (Wildman–Crippen MR) is 144 cm³/mol. The molecule has 4 aromatic rings. The number of thiocarbonyl (C=S) groups is 1. The van der Waals surface area contributed by atoms with Crippen LogP contribution < -0.4 is 10.1 Å². The largest absolute Gasteiger partial charge is 0.495 e. The van der Waals surface area contributed by atoms with E-state index in [1.54, 1.807) is 7.11 Å². The van der Waals surface area contributed by atoms with E-state index in [4.69, 9.17) is 28.6 Å². The molecule has 0 unspecified atom stereocenters. The van der Waals surface area contributed by atoms with E-state index in [9.17, 15) is 0 Å². The third kappa shape index (κ3) is 4.40. The minimum Gasteiger partial charge on any atom is -0.495 e. The number of nitrogens with zero attached hydrogens (tertiary/aromatic N) is 3. The smallest absolute Gasteiger partial charge is 0.170 e. The monoisotopic (exact) mass is 502 g/mol. The van der Waals surface area contributed by atoms with Gasteiger partial charge in [-0.3, -0.25) is 4.98 Å². The highest BCUT2D eigenvalue weighted by molar-refractivity contribution is 7.80. The number of ether oxygens (including phenoxy) is 1. The lowest BCUT2D eigenvalue weighted by Gasteiger charge is -2.28. The van der Waals surface area contributed by atoms with E-state index in [1.165, 1.54) is 11.1 Å². The molecule has 178 valence electrons. The van der Waals surface area contributed by atoms with Gasteiger partial charge >= 0.3 is 0 Å². The van der Waals surface area contributed by atoms with Crippen LogP contribution in [0.25, 0.3) is 5.69 Å². The standard InChI is InChI=1S/C28H27ClN4OS/c1-18-15-22(19(2)33(18)24-16-21(29)12-13-25(24)34-3)27-26(23-11-7-8-14-30-23)31-28(35)32(27)17-20-9-5-4-6-10-20/h4-16,26-27H,17H2,1-3H3,(H,31,35)/t26-,27+/m0/s1. The van der Waals surface area contributed by atoms with E-state index < -0.39 is 0 Å². The van der Waals surface area contributed by atoms with Gasteiger partial charge in [0.05, 0.1) is 30.6 Å². The topological polar surface area (TPSA) is 42.3 Å². The molecule has 5 rings (SSSR count). The molecule has 2 aromatic heterocycles. The van der Waals surface area contributed by atoms with Gasteiger partial charge in [0, 0.05) is 29.2 Å². The van der Waals surface area contributed by atoms with Crippen molar-refractivity contribution >= 4 is 28.9 Å². The summed E-state index contributed by atoms with van der Waals surface area (Å²) in [5, 5.41) is 4.94. The zero-order valence-electron chi connectivity index (χ0n) is 19.9. The van der Waals surface area contributed by atoms with Crippen LogP contribution in [0.15, 0.2) is 79.0 Å². The zero-order chi connectivity index (χ0) is 24.5. The number of rotatable bonds is 6. The molecule has 2 aromatic carbocycles. The molecule has 0 aliphatic carbocycles. The summed E-state index contributed by atoms with van der Waals surface area (Å²) in [6.07, 6.45) is 1.83. The van der Waals surface area contributed by atoms with Crippen LogP contribution in [0.4, 0.5) is 0 Å². The fourth-order valence-electron chi connectivity index (χ4n) is 4.99. The second kappa shape index (κ2) is 9.72. The summed E-state index contributed by atoms with van der Waals surface area (Å²) in [6.45, 7) is 4.94. The van der Waals surface area contributed by atoms with Gasteiger partial charge in [-0.1, -0.05) is 48.0 Å². The summed E-state index contributed by atoms with van der Waals surface area (Å²) in [5.74, 6) is 0.769. The van der Waals surface area contributed by atoms with Crippen molar-refractivity contribution in [2.24, 2.45) is 0 Å². The fourth-order valence-corrected chi connectivity index (χ4v) is 5.46. The van der Waals surface area contributed by atoms with Crippen molar-refractivity contribution in [2.75, 3.05) is 7.11 Å². The SMILES string of the molecule is COc1ccc(Cl)cc1-n1c(C)cc([C@@H]2[C@H](c3ccccn3)NC(=S)N2Cc2ccccc2)c1C. The first kappa shape index (κ1) is 23.4. The van der Waals surface area contributed by atoms with E-state index in [-0.39, 0.29) is 12.1 Å². The molecule has 0 saturated carbocycles. The van der Waals surface area contributed by atoms with E-state index >= 15 is 0 Å². The normalized spacial score (nSPS) is 17.5. The van der Waals surface area contributed by atoms with E-state index in [1.807, 2.05) is 42.6 Å². The molecule has 2 atom stereocenters. The average molecular weight is 503 g/mol. The lowest BCUT2D eigenvalue weighted by Crippen LogP contribution is -2.29. The van der Waals surface area contributed by atoms with Gasteiger partial charge in [-0.15, -0.1) is 0 Å². The number of hydrogen-bond donors (Lipinski definition) is 1. The highest BCUT2D eigenvalue weighted by Gasteiger charge is 2.41. The molecule has 1 fully saturated rings. The Morgan fingerprint density at radius 1 is 1.03 bits per heavy atom. The first-order valence-corrected chi connectivity index (χ1v) is 12.3. The van der Waals surface area contributed by atoms with Crippen molar-refractivity contribution in [3.8, 4) is 11.4 Å². The second-order valence-corrected chi connectivity index (χ2v) is 9.54. The molecular weight excluding hydrogens is 476 g/mol. The Hall–Kier alpha value is -3.35. The summed E-state index contributed by atoms with van der Waals surface area (Å²) < 4.78 is 7.88. The Balaban J connectivity index is 1.65. The van der Waals surface area contributed by atoms with Crippen LogP contribution >= 0.6 is 23.8 Å². The Kier molecular flexibility index (Phi) is 6.50. The molecule has 1 N–H and O–H groups in total. The summed E-state index contributed by atoms with van der Waals surface area (Å²) in [4.78, 5) is 6.94. The first-order chi connectivity index (χ1) is 17.0. The van der Waals surface area contributed by atoms with E-state index in [2.05, 4.69) is 70.0 Å². The number of halogens is 1. The van der Waals surface area contributed by atoms with Gasteiger partial charge in [-0.05, 0) is 73.6 Å². The van der Waals surface area contributed by atoms with Crippen molar-refractivity contribution in [1.29, 1.82) is 0 Å². The lowest BCUT2D eigenvalue weighted by molar-refractivity contribution is 0.310. The van der Waals surface area contributed by atoms with Crippen molar-refractivity contribution in [1.82, 2.24) is 19.8 Å². The van der Waals surface area contributed by atoms with Crippen LogP contribution in [-0.4, -0.2) is 26.7 Å². The fraction of sp³-hybridized carbons (Fsp3) is 0.214. The summed E-state index contributed by atoms with van der Waals surface area (Å²) >= 11 is 12.3. The Labute approximate surface area is 216 Å². The molecule has 5 nitrogen and oxygen atoms in total. The average Bonchev–Trinajstić information content (AvgIpc) is 3.35. The maximum atomic E-state index is 6.39. The maximum absolute atomic E-state index is 6.39. The number of benzene rings is 2. The van der Waals surface area contributed by atoms with Crippen LogP contribution in [-0.2, 0) is 6.54 Å². The molecule has 35 heavy (non-hydrogen) atoms. The summed E-state index contributed by atoms with van der Waals surface area (Å²) in [7, 11) is 1.68. The second-order valence-electron chi connectivity index (χ2n) is 8.72. The number of pyridine rings is 1. The third-order valence-corrected chi connectivity index (χ3v) is 7.15. The first-order valence-electron chi connectivity index (χ1n) is 11.5. The zero-order valence-corrected chi connectivity index (χ0v) is 21.5. The van der Waals surface area contributed by atoms with E-state index in [0.717, 1.165) is 33.6 Å². The van der Waals surface area contributed by atoms with Gasteiger partial charge in [-0.25, -0.2) is 0 Å². The third-order valence-electron chi connectivity index (χ3n) is 6.56. The van der Waals surface area contributed by atoms with Gasteiger partial charge in [0.15, 0.2) is 5.11 Å². The number of aryl methyl sites for hydroxylation is 1. The number of nitrogens with one attached hydrogen (secondary N) is 1. The maximum Gasteiger partial charge on any atom is 0.170 e. The van der Waals surface area contributed by atoms with Crippen molar-refractivity contribution in [3.05, 3.63) is 112 Å². The minimum atomic E-state index is -0.0809. The van der Waals surface area contributed by atoms with Crippen LogP contribution in [0.3, 0.4) is 0 Å². The highest BCUT2D eigenvalue weighted by atomic mass is 35.5. The van der Waals surface area contributed by atoms with Gasteiger partial charge < -0.3 is 19.5 Å². The van der Waals surface area contributed by atoms with Crippen molar-refractivity contribution in [3.63, 3.8) is 0 Å². The predicted octanol–water partition coefficient (Wildman–Crippen LogP) is 6.32. The van der Waals surface area contributed by atoms with Gasteiger partial charge in [-0.2, -0.15) is 0 Å².